The lowest BCUT2D eigenvalue weighted by Gasteiger charge is -2.35. The Morgan fingerprint density at radius 3 is 2.44 bits per heavy atom. The van der Waals surface area contributed by atoms with Crippen LogP contribution in [0.3, 0.4) is 0 Å². The monoisotopic (exact) mass is 458 g/mol. The number of halogens is 2. The molecule has 1 N–H and O–H groups in total. The average molecular weight is 458 g/mol. The lowest BCUT2D eigenvalue weighted by molar-refractivity contribution is 0.244. The first kappa shape index (κ1) is 21.5. The minimum Gasteiger partial charge on any atom is -0.334 e. The third-order valence-electron chi connectivity index (χ3n) is 5.69. The van der Waals surface area contributed by atoms with Gasteiger partial charge in [-0.2, -0.15) is 4.98 Å². The summed E-state index contributed by atoms with van der Waals surface area (Å²) in [5, 5.41) is 7.00. The Kier molecular flexibility index (Phi) is 5.41. The fraction of sp³-hybridized carbons (Fsp3) is 0.115. The van der Waals surface area contributed by atoms with Crippen LogP contribution in [-0.2, 0) is 0 Å². The maximum Gasteiger partial charge on any atom is 0.326 e. The molecule has 1 aliphatic rings. The molecule has 5 rings (SSSR count). The van der Waals surface area contributed by atoms with E-state index >= 15 is 0 Å². The normalized spacial score (nSPS) is 16.1. The van der Waals surface area contributed by atoms with Crippen molar-refractivity contribution in [3.63, 3.8) is 0 Å². The number of urea groups is 1. The summed E-state index contributed by atoms with van der Waals surface area (Å²) in [5.74, 6) is -0.362. The van der Waals surface area contributed by atoms with E-state index in [0.29, 0.717) is 28.1 Å². The second kappa shape index (κ2) is 8.55. The Bertz CT molecular complexity index is 1410. The van der Waals surface area contributed by atoms with Crippen molar-refractivity contribution in [1.82, 2.24) is 15.5 Å². The van der Waals surface area contributed by atoms with E-state index in [9.17, 15) is 13.6 Å². The number of hydrogen-bond donors (Lipinski definition) is 1. The summed E-state index contributed by atoms with van der Waals surface area (Å²) in [5.41, 5.74) is 3.87. The number of amides is 2. The third-order valence-corrected chi connectivity index (χ3v) is 5.69. The van der Waals surface area contributed by atoms with Crippen LogP contribution < -0.4 is 10.2 Å². The van der Waals surface area contributed by atoms with Gasteiger partial charge in [-0.3, -0.25) is 4.90 Å². The van der Waals surface area contributed by atoms with Crippen LogP contribution in [0.15, 0.2) is 83.0 Å². The molecule has 1 aromatic heterocycles. The van der Waals surface area contributed by atoms with Gasteiger partial charge in [0.1, 0.15) is 11.6 Å². The molecule has 6 nitrogen and oxygen atoms in total. The quantitative estimate of drug-likeness (QED) is 0.406. The zero-order chi connectivity index (χ0) is 23.8. The second-order valence-electron chi connectivity index (χ2n) is 8.04. The summed E-state index contributed by atoms with van der Waals surface area (Å²) < 4.78 is 33.0. The smallest absolute Gasteiger partial charge is 0.326 e. The van der Waals surface area contributed by atoms with Gasteiger partial charge in [0.05, 0.1) is 17.3 Å². The van der Waals surface area contributed by atoms with Gasteiger partial charge in [-0.05, 0) is 73.5 Å². The highest BCUT2D eigenvalue weighted by atomic mass is 19.1. The third kappa shape index (κ3) is 3.94. The second-order valence-corrected chi connectivity index (χ2v) is 8.04. The van der Waals surface area contributed by atoms with E-state index in [4.69, 9.17) is 4.52 Å². The Morgan fingerprint density at radius 2 is 1.71 bits per heavy atom. The van der Waals surface area contributed by atoms with Crippen LogP contribution in [0.1, 0.15) is 30.0 Å². The minimum atomic E-state index is -0.717. The van der Waals surface area contributed by atoms with E-state index in [1.54, 1.807) is 31.2 Å². The van der Waals surface area contributed by atoms with E-state index in [1.165, 1.54) is 29.2 Å². The van der Waals surface area contributed by atoms with E-state index < -0.39 is 11.9 Å². The number of aryl methyl sites for hydroxylation is 1. The summed E-state index contributed by atoms with van der Waals surface area (Å²) >= 11 is 0. The van der Waals surface area contributed by atoms with Gasteiger partial charge in [-0.25, -0.2) is 13.6 Å². The van der Waals surface area contributed by atoms with Crippen molar-refractivity contribution in [1.29, 1.82) is 0 Å². The molecule has 4 aromatic rings. The number of carbonyl (C=O) groups excluding carboxylic acids is 1. The lowest BCUT2D eigenvalue weighted by atomic mass is 9.94. The number of carbonyl (C=O) groups is 1. The fourth-order valence-electron chi connectivity index (χ4n) is 4.08. The lowest BCUT2D eigenvalue weighted by Crippen LogP contribution is -2.46. The van der Waals surface area contributed by atoms with Crippen LogP contribution >= 0.6 is 0 Å². The van der Waals surface area contributed by atoms with Crippen molar-refractivity contribution in [2.24, 2.45) is 0 Å². The number of allylic oxidation sites excluding steroid dienone is 1. The van der Waals surface area contributed by atoms with Gasteiger partial charge in [0.25, 0.3) is 5.89 Å². The Balaban J connectivity index is 1.66. The molecule has 0 spiro atoms. The molecule has 34 heavy (non-hydrogen) atoms. The van der Waals surface area contributed by atoms with Crippen LogP contribution in [0.2, 0.25) is 0 Å². The van der Waals surface area contributed by atoms with Crippen molar-refractivity contribution in [2.45, 2.75) is 19.9 Å². The van der Waals surface area contributed by atoms with E-state index in [2.05, 4.69) is 15.5 Å². The number of hydrogen-bond acceptors (Lipinski definition) is 4. The number of rotatable bonds is 4. The van der Waals surface area contributed by atoms with Gasteiger partial charge in [-0.15, -0.1) is 0 Å². The van der Waals surface area contributed by atoms with Crippen LogP contribution in [0.25, 0.3) is 17.0 Å². The topological polar surface area (TPSA) is 71.3 Å². The molecule has 1 atom stereocenters. The maximum atomic E-state index is 14.1. The molecule has 0 saturated heterocycles. The molecule has 0 radical (unpaired) electrons. The minimum absolute atomic E-state index is 0.170. The van der Waals surface area contributed by atoms with Crippen LogP contribution in [0.4, 0.5) is 19.3 Å². The van der Waals surface area contributed by atoms with E-state index in [1.807, 2.05) is 31.2 Å². The number of aromatic nitrogens is 2. The van der Waals surface area contributed by atoms with Gasteiger partial charge >= 0.3 is 6.03 Å². The van der Waals surface area contributed by atoms with Gasteiger partial charge < -0.3 is 9.84 Å². The molecule has 0 saturated carbocycles. The zero-order valence-electron chi connectivity index (χ0n) is 18.4. The summed E-state index contributed by atoms with van der Waals surface area (Å²) in [6.07, 6.45) is 0. The highest BCUT2D eigenvalue weighted by Gasteiger charge is 2.36. The van der Waals surface area contributed by atoms with Crippen LogP contribution in [0, 0.1) is 18.6 Å². The summed E-state index contributed by atoms with van der Waals surface area (Å²) in [4.78, 5) is 19.3. The number of benzene rings is 3. The molecule has 0 aliphatic carbocycles. The molecule has 170 valence electrons. The van der Waals surface area contributed by atoms with Crippen molar-refractivity contribution in [3.8, 4) is 11.4 Å². The molecule has 0 bridgehead atoms. The molecule has 2 amide bonds. The van der Waals surface area contributed by atoms with E-state index in [-0.39, 0.29) is 23.6 Å². The number of nitrogens with zero attached hydrogens (tertiary/aromatic N) is 3. The van der Waals surface area contributed by atoms with Crippen molar-refractivity contribution >= 4 is 17.3 Å². The summed E-state index contributed by atoms with van der Waals surface area (Å²) in [7, 11) is 0. The predicted molar refractivity (Wildman–Crippen MR) is 124 cm³/mol. The number of nitrogens with one attached hydrogen (secondary N) is 1. The maximum absolute atomic E-state index is 14.1. The van der Waals surface area contributed by atoms with Crippen molar-refractivity contribution < 1.29 is 18.1 Å². The summed E-state index contributed by atoms with van der Waals surface area (Å²) in [6, 6.07) is 18.2. The van der Waals surface area contributed by atoms with E-state index in [0.717, 1.165) is 5.56 Å². The molecular formula is C26H20F2N4O2. The van der Waals surface area contributed by atoms with Crippen molar-refractivity contribution in [3.05, 3.63) is 107 Å². The standard InChI is InChI=1S/C26H20F2N4O2/c1-15-5-3-8-21(13-15)32-16(2)22(23(29-26(32)33)18-6-4-7-20(28)14-18)25-30-24(31-34-25)17-9-11-19(27)12-10-17/h3-14,23H,1-2H3,(H,29,33). The van der Waals surface area contributed by atoms with Gasteiger partial charge in [0.15, 0.2) is 0 Å². The van der Waals surface area contributed by atoms with Crippen molar-refractivity contribution in [2.75, 3.05) is 4.90 Å². The van der Waals surface area contributed by atoms with Crippen LogP contribution in [0.5, 0.6) is 0 Å². The molecule has 0 fully saturated rings. The number of anilines is 1. The van der Waals surface area contributed by atoms with Crippen LogP contribution in [-0.4, -0.2) is 16.2 Å². The summed E-state index contributed by atoms with van der Waals surface area (Å²) in [6.45, 7) is 3.72. The Morgan fingerprint density at radius 1 is 0.941 bits per heavy atom. The van der Waals surface area contributed by atoms with Gasteiger partial charge in [0.2, 0.25) is 5.82 Å². The predicted octanol–water partition coefficient (Wildman–Crippen LogP) is 6.03. The zero-order valence-corrected chi connectivity index (χ0v) is 18.4. The highest BCUT2D eigenvalue weighted by Crippen LogP contribution is 2.39. The molecular weight excluding hydrogens is 438 g/mol. The molecule has 8 heteroatoms. The molecule has 2 heterocycles. The molecule has 1 unspecified atom stereocenters. The average Bonchev–Trinajstić information content (AvgIpc) is 3.29. The Labute approximate surface area is 194 Å². The largest absolute Gasteiger partial charge is 0.334 e. The Hall–Kier alpha value is -4.33. The fourth-order valence-corrected chi connectivity index (χ4v) is 4.08. The van der Waals surface area contributed by atoms with Gasteiger partial charge in [-0.1, -0.05) is 29.4 Å². The highest BCUT2D eigenvalue weighted by molar-refractivity contribution is 6.01. The molecule has 1 aliphatic heterocycles. The first-order chi connectivity index (χ1) is 16.4. The van der Waals surface area contributed by atoms with Gasteiger partial charge in [0, 0.05) is 11.3 Å². The molecule has 3 aromatic carbocycles. The first-order valence-corrected chi connectivity index (χ1v) is 10.6. The SMILES string of the molecule is CC1=C(c2nc(-c3ccc(F)cc3)no2)C(c2cccc(F)c2)NC(=O)N1c1cccc(C)c1. The first-order valence-electron chi connectivity index (χ1n) is 10.6.